The summed E-state index contributed by atoms with van der Waals surface area (Å²) in [6.07, 6.45) is 6.05. The van der Waals surface area contributed by atoms with Crippen LogP contribution in [0.15, 0.2) is 12.1 Å². The predicted molar refractivity (Wildman–Crippen MR) is 86.2 cm³/mol. The zero-order chi connectivity index (χ0) is 15.4. The summed E-state index contributed by atoms with van der Waals surface area (Å²) in [7, 11) is 0. The van der Waals surface area contributed by atoms with Crippen LogP contribution in [-0.2, 0) is 0 Å². The largest absolute Gasteiger partial charge is 0.488 e. The van der Waals surface area contributed by atoms with Crippen molar-refractivity contribution in [1.82, 2.24) is 0 Å². The molecule has 0 aromatic heterocycles. The minimum Gasteiger partial charge on any atom is -0.488 e. The first kappa shape index (κ1) is 15.9. The summed E-state index contributed by atoms with van der Waals surface area (Å²) < 4.78 is 19.4. The molecule has 1 aliphatic rings. The maximum atomic E-state index is 13.9. The highest BCUT2D eigenvalue weighted by molar-refractivity contribution is 5.69. The number of nitrogens with two attached hydrogens (primary N) is 1. The molecule has 1 aliphatic carbocycles. The normalized spacial score (nSPS) is 22.3. The molecule has 21 heavy (non-hydrogen) atoms. The zero-order valence-corrected chi connectivity index (χ0v) is 13.3. The molecule has 2 atom stereocenters. The second-order valence-corrected chi connectivity index (χ2v) is 6.24. The summed E-state index contributed by atoms with van der Waals surface area (Å²) in [5.74, 6) is 0.533. The van der Waals surface area contributed by atoms with Gasteiger partial charge in [-0.15, -0.1) is 0 Å². The van der Waals surface area contributed by atoms with Crippen LogP contribution in [0.4, 0.5) is 15.8 Å². The first-order chi connectivity index (χ1) is 10.0. The molecule has 2 rings (SSSR count). The SMILES string of the molecule is CCC1CCCCC1Nc1cc(OC(C)C)c(F)cc1N. The van der Waals surface area contributed by atoms with Crippen molar-refractivity contribution < 1.29 is 9.13 Å². The van der Waals surface area contributed by atoms with Crippen molar-refractivity contribution in [2.75, 3.05) is 11.1 Å². The molecular formula is C17H27FN2O. The van der Waals surface area contributed by atoms with Crippen molar-refractivity contribution in [2.45, 2.75) is 65.0 Å². The van der Waals surface area contributed by atoms with Gasteiger partial charge in [0.25, 0.3) is 0 Å². The lowest BCUT2D eigenvalue weighted by Gasteiger charge is -2.32. The fraction of sp³-hybridized carbons (Fsp3) is 0.647. The highest BCUT2D eigenvalue weighted by Gasteiger charge is 2.24. The summed E-state index contributed by atoms with van der Waals surface area (Å²) >= 11 is 0. The summed E-state index contributed by atoms with van der Waals surface area (Å²) in [4.78, 5) is 0. The Morgan fingerprint density at radius 1 is 1.33 bits per heavy atom. The molecule has 0 bridgehead atoms. The quantitative estimate of drug-likeness (QED) is 0.782. The van der Waals surface area contributed by atoms with E-state index < -0.39 is 5.82 Å². The molecule has 3 N–H and O–H groups in total. The smallest absolute Gasteiger partial charge is 0.167 e. The van der Waals surface area contributed by atoms with Crippen LogP contribution in [0.2, 0.25) is 0 Å². The molecule has 1 aromatic rings. The van der Waals surface area contributed by atoms with Crippen molar-refractivity contribution >= 4 is 11.4 Å². The van der Waals surface area contributed by atoms with Gasteiger partial charge in [0.2, 0.25) is 0 Å². The summed E-state index contributed by atoms with van der Waals surface area (Å²) in [6.45, 7) is 6.00. The van der Waals surface area contributed by atoms with Gasteiger partial charge in [-0.25, -0.2) is 4.39 Å². The molecule has 0 aliphatic heterocycles. The lowest BCUT2D eigenvalue weighted by Crippen LogP contribution is -2.32. The van der Waals surface area contributed by atoms with Gasteiger partial charge in [0, 0.05) is 18.2 Å². The standard InChI is InChI=1S/C17H27FN2O/c1-4-12-7-5-6-8-15(12)20-16-10-17(21-11(2)3)13(18)9-14(16)19/h9-12,15,20H,4-8,19H2,1-3H3. The van der Waals surface area contributed by atoms with Crippen LogP contribution in [-0.4, -0.2) is 12.1 Å². The minimum atomic E-state index is -0.401. The molecule has 3 nitrogen and oxygen atoms in total. The highest BCUT2D eigenvalue weighted by atomic mass is 19.1. The molecule has 4 heteroatoms. The van der Waals surface area contributed by atoms with E-state index in [2.05, 4.69) is 12.2 Å². The van der Waals surface area contributed by atoms with Gasteiger partial charge in [-0.05, 0) is 32.6 Å². The number of anilines is 2. The van der Waals surface area contributed by atoms with Gasteiger partial charge >= 0.3 is 0 Å². The van der Waals surface area contributed by atoms with Gasteiger partial charge < -0.3 is 15.8 Å². The molecule has 0 saturated heterocycles. The number of benzene rings is 1. The van der Waals surface area contributed by atoms with E-state index in [1.165, 1.54) is 25.3 Å². The Kier molecular flexibility index (Phi) is 5.32. The first-order valence-electron chi connectivity index (χ1n) is 8.03. The van der Waals surface area contributed by atoms with Gasteiger partial charge in [0.15, 0.2) is 11.6 Å². The van der Waals surface area contributed by atoms with Crippen molar-refractivity contribution in [3.05, 3.63) is 17.9 Å². The topological polar surface area (TPSA) is 47.3 Å². The third kappa shape index (κ3) is 4.02. The summed E-state index contributed by atoms with van der Waals surface area (Å²) in [5, 5.41) is 3.52. The Morgan fingerprint density at radius 3 is 2.71 bits per heavy atom. The van der Waals surface area contributed by atoms with Crippen LogP contribution >= 0.6 is 0 Å². The average Bonchev–Trinajstić information content (AvgIpc) is 2.44. The van der Waals surface area contributed by atoms with Crippen LogP contribution in [0.5, 0.6) is 5.75 Å². The number of rotatable bonds is 5. The van der Waals surface area contributed by atoms with Crippen LogP contribution in [0.1, 0.15) is 52.9 Å². The third-order valence-corrected chi connectivity index (χ3v) is 4.24. The van der Waals surface area contributed by atoms with Gasteiger partial charge in [-0.1, -0.05) is 26.2 Å². The fourth-order valence-corrected chi connectivity index (χ4v) is 3.12. The molecule has 2 unspecified atom stereocenters. The van der Waals surface area contributed by atoms with E-state index in [-0.39, 0.29) is 11.9 Å². The molecule has 118 valence electrons. The van der Waals surface area contributed by atoms with Crippen LogP contribution in [0.25, 0.3) is 0 Å². The van der Waals surface area contributed by atoms with Crippen LogP contribution in [0.3, 0.4) is 0 Å². The molecule has 1 fully saturated rings. The van der Waals surface area contributed by atoms with E-state index >= 15 is 0 Å². The van der Waals surface area contributed by atoms with Crippen molar-refractivity contribution in [3.63, 3.8) is 0 Å². The van der Waals surface area contributed by atoms with E-state index in [9.17, 15) is 4.39 Å². The Hall–Kier alpha value is -1.45. The molecule has 0 heterocycles. The maximum Gasteiger partial charge on any atom is 0.167 e. The molecule has 0 spiro atoms. The Bertz CT molecular complexity index is 476. The monoisotopic (exact) mass is 294 g/mol. The Balaban J connectivity index is 2.18. The fourth-order valence-electron chi connectivity index (χ4n) is 3.12. The average molecular weight is 294 g/mol. The van der Waals surface area contributed by atoms with Crippen molar-refractivity contribution in [3.8, 4) is 5.75 Å². The second-order valence-electron chi connectivity index (χ2n) is 6.24. The molecule has 0 radical (unpaired) electrons. The zero-order valence-electron chi connectivity index (χ0n) is 13.3. The summed E-state index contributed by atoms with van der Waals surface area (Å²) in [5.41, 5.74) is 7.20. The lowest BCUT2D eigenvalue weighted by atomic mass is 9.83. The third-order valence-electron chi connectivity index (χ3n) is 4.24. The van der Waals surface area contributed by atoms with Gasteiger partial charge in [-0.3, -0.25) is 0 Å². The lowest BCUT2D eigenvalue weighted by molar-refractivity contribution is 0.231. The van der Waals surface area contributed by atoms with Crippen molar-refractivity contribution in [1.29, 1.82) is 0 Å². The number of nitrogen functional groups attached to an aromatic ring is 1. The van der Waals surface area contributed by atoms with Gasteiger partial charge in [0.1, 0.15) is 0 Å². The van der Waals surface area contributed by atoms with E-state index in [1.807, 2.05) is 13.8 Å². The molecule has 1 saturated carbocycles. The van der Waals surface area contributed by atoms with E-state index in [4.69, 9.17) is 10.5 Å². The van der Waals surface area contributed by atoms with Gasteiger partial charge in [-0.2, -0.15) is 0 Å². The number of halogens is 1. The maximum absolute atomic E-state index is 13.9. The number of nitrogens with one attached hydrogen (secondary N) is 1. The molecule has 1 aromatic carbocycles. The first-order valence-corrected chi connectivity index (χ1v) is 8.03. The van der Waals surface area contributed by atoms with E-state index in [1.54, 1.807) is 6.07 Å². The van der Waals surface area contributed by atoms with Crippen molar-refractivity contribution in [2.24, 2.45) is 5.92 Å². The molecule has 0 amide bonds. The minimum absolute atomic E-state index is 0.0611. The Labute approximate surface area is 127 Å². The predicted octanol–water partition coefficient (Wildman–Crippen LogP) is 4.58. The number of ether oxygens (including phenoxy) is 1. The Morgan fingerprint density at radius 2 is 2.05 bits per heavy atom. The highest BCUT2D eigenvalue weighted by Crippen LogP contribution is 2.34. The molecular weight excluding hydrogens is 267 g/mol. The van der Waals surface area contributed by atoms with Crippen LogP contribution < -0.4 is 15.8 Å². The van der Waals surface area contributed by atoms with E-state index in [0.717, 1.165) is 18.5 Å². The van der Waals surface area contributed by atoms with Gasteiger partial charge in [0.05, 0.1) is 17.5 Å². The van der Waals surface area contributed by atoms with E-state index in [0.29, 0.717) is 17.6 Å². The second kappa shape index (κ2) is 7.01. The number of hydrogen-bond donors (Lipinski definition) is 2. The number of hydrogen-bond acceptors (Lipinski definition) is 3. The summed E-state index contributed by atoms with van der Waals surface area (Å²) in [6, 6.07) is 3.47. The van der Waals surface area contributed by atoms with Crippen LogP contribution in [0, 0.1) is 11.7 Å².